The van der Waals surface area contributed by atoms with Crippen LogP contribution in [0.15, 0.2) is 16.3 Å². The molecule has 0 aliphatic rings. The van der Waals surface area contributed by atoms with Crippen molar-refractivity contribution in [2.75, 3.05) is 11.8 Å². The molecule has 0 saturated carbocycles. The molecule has 0 saturated heterocycles. The minimum Gasteiger partial charge on any atom is -0.466 e. The summed E-state index contributed by atoms with van der Waals surface area (Å²) in [6, 6.07) is 4.67. The van der Waals surface area contributed by atoms with Gasteiger partial charge in [-0.25, -0.2) is 18.2 Å². The van der Waals surface area contributed by atoms with E-state index in [1.807, 2.05) is 6.07 Å². The van der Waals surface area contributed by atoms with Crippen LogP contribution in [0, 0.1) is 11.3 Å². The Bertz CT molecular complexity index is 696. The van der Waals surface area contributed by atoms with Crippen molar-refractivity contribution in [2.24, 2.45) is 0 Å². The van der Waals surface area contributed by atoms with E-state index in [2.05, 4.69) is 19.9 Å². The summed E-state index contributed by atoms with van der Waals surface area (Å²) in [5.74, 6) is -0.0567. The lowest BCUT2D eigenvalue weighted by atomic mass is 10.5. The fraction of sp³-hybridized carbons (Fsp3) is 0.125. The SMILES string of the molecule is COc1n[nH]c(NS(=O)(=O)c2ccc(C#N)s2)n1. The second kappa shape index (κ2) is 4.63. The van der Waals surface area contributed by atoms with Crippen LogP contribution in [-0.2, 0) is 10.0 Å². The van der Waals surface area contributed by atoms with Gasteiger partial charge in [-0.2, -0.15) is 10.2 Å². The Balaban J connectivity index is 2.24. The Hall–Kier alpha value is -2.12. The number of hydrogen-bond acceptors (Lipinski definition) is 7. The number of nitrogens with one attached hydrogen (secondary N) is 2. The Labute approximate surface area is 106 Å². The summed E-state index contributed by atoms with van der Waals surface area (Å²) in [6.45, 7) is 0. The molecule has 0 radical (unpaired) electrons. The number of methoxy groups -OCH3 is 1. The minimum absolute atomic E-state index is 0.0226. The number of hydrogen-bond donors (Lipinski definition) is 2. The van der Waals surface area contributed by atoms with Gasteiger partial charge in [0.05, 0.1) is 7.11 Å². The zero-order valence-corrected chi connectivity index (χ0v) is 10.7. The number of anilines is 1. The average molecular weight is 285 g/mol. The van der Waals surface area contributed by atoms with E-state index in [0.717, 1.165) is 11.3 Å². The van der Waals surface area contributed by atoms with Gasteiger partial charge >= 0.3 is 6.01 Å². The number of H-pyrrole nitrogens is 1. The molecule has 0 aromatic carbocycles. The van der Waals surface area contributed by atoms with Gasteiger partial charge in [0.25, 0.3) is 10.0 Å². The van der Waals surface area contributed by atoms with Crippen LogP contribution in [0.1, 0.15) is 4.88 Å². The van der Waals surface area contributed by atoms with Crippen molar-refractivity contribution in [3.8, 4) is 12.1 Å². The summed E-state index contributed by atoms with van der Waals surface area (Å²) < 4.78 is 30.7. The van der Waals surface area contributed by atoms with Crippen LogP contribution in [0.2, 0.25) is 0 Å². The molecule has 2 rings (SSSR count). The first kappa shape index (κ1) is 12.3. The third-order valence-electron chi connectivity index (χ3n) is 1.83. The molecule has 0 amide bonds. The van der Waals surface area contributed by atoms with E-state index in [0.29, 0.717) is 4.88 Å². The summed E-state index contributed by atoms with van der Waals surface area (Å²) >= 11 is 0.867. The van der Waals surface area contributed by atoms with Gasteiger partial charge in [0.15, 0.2) is 0 Å². The van der Waals surface area contributed by atoms with Crippen molar-refractivity contribution in [2.45, 2.75) is 4.21 Å². The summed E-state index contributed by atoms with van der Waals surface area (Å²) in [5.41, 5.74) is 0. The summed E-state index contributed by atoms with van der Waals surface area (Å²) in [4.78, 5) is 4.04. The summed E-state index contributed by atoms with van der Waals surface area (Å²) in [5, 5.41) is 14.6. The maximum atomic E-state index is 11.9. The number of thiophene rings is 1. The van der Waals surface area contributed by atoms with Gasteiger partial charge < -0.3 is 4.74 Å². The second-order valence-corrected chi connectivity index (χ2v) is 6.00. The molecule has 2 aromatic rings. The van der Waals surface area contributed by atoms with Crippen molar-refractivity contribution < 1.29 is 13.2 Å². The Morgan fingerprint density at radius 2 is 2.33 bits per heavy atom. The highest BCUT2D eigenvalue weighted by Gasteiger charge is 2.19. The second-order valence-electron chi connectivity index (χ2n) is 3.01. The molecule has 0 spiro atoms. The van der Waals surface area contributed by atoms with Crippen LogP contribution in [0.25, 0.3) is 0 Å². The quantitative estimate of drug-likeness (QED) is 0.846. The highest BCUT2D eigenvalue weighted by atomic mass is 32.2. The smallest absolute Gasteiger partial charge is 0.336 e. The van der Waals surface area contributed by atoms with Crippen LogP contribution in [0.4, 0.5) is 5.95 Å². The predicted molar refractivity (Wildman–Crippen MR) is 62.8 cm³/mol. The molecule has 0 aliphatic heterocycles. The lowest BCUT2D eigenvalue weighted by molar-refractivity contribution is 0.382. The molecule has 8 nitrogen and oxygen atoms in total. The molecule has 0 aliphatic carbocycles. The van der Waals surface area contributed by atoms with E-state index in [1.54, 1.807) is 0 Å². The van der Waals surface area contributed by atoms with Gasteiger partial charge in [-0.3, -0.25) is 0 Å². The molecule has 0 unspecified atom stereocenters. The third-order valence-corrected chi connectivity index (χ3v) is 4.66. The van der Waals surface area contributed by atoms with Crippen molar-refractivity contribution in [1.29, 1.82) is 5.26 Å². The first-order chi connectivity index (χ1) is 8.55. The van der Waals surface area contributed by atoms with Crippen molar-refractivity contribution in [3.63, 3.8) is 0 Å². The third kappa shape index (κ3) is 2.41. The number of nitrogens with zero attached hydrogens (tertiary/aromatic N) is 3. The lowest BCUT2D eigenvalue weighted by Crippen LogP contribution is -2.12. The van der Waals surface area contributed by atoms with E-state index in [4.69, 9.17) is 10.00 Å². The molecular formula is C8H7N5O3S2. The van der Waals surface area contributed by atoms with Gasteiger partial charge in [-0.15, -0.1) is 16.4 Å². The molecule has 94 valence electrons. The first-order valence-corrected chi connectivity index (χ1v) is 6.84. The molecule has 0 atom stereocenters. The van der Waals surface area contributed by atoms with E-state index >= 15 is 0 Å². The molecular weight excluding hydrogens is 278 g/mol. The largest absolute Gasteiger partial charge is 0.466 e. The molecule has 2 heterocycles. The van der Waals surface area contributed by atoms with Crippen LogP contribution >= 0.6 is 11.3 Å². The highest BCUT2D eigenvalue weighted by molar-refractivity contribution is 7.94. The highest BCUT2D eigenvalue weighted by Crippen LogP contribution is 2.22. The Morgan fingerprint density at radius 1 is 1.56 bits per heavy atom. The van der Waals surface area contributed by atoms with Crippen LogP contribution < -0.4 is 9.46 Å². The minimum atomic E-state index is -3.77. The lowest BCUT2D eigenvalue weighted by Gasteiger charge is -2.00. The van der Waals surface area contributed by atoms with Crippen molar-refractivity contribution in [3.05, 3.63) is 17.0 Å². The number of rotatable bonds is 4. The number of aromatic amines is 1. The summed E-state index contributed by atoms with van der Waals surface area (Å²) in [7, 11) is -2.41. The monoisotopic (exact) mass is 285 g/mol. The number of nitriles is 1. The standard InChI is InChI=1S/C8H7N5O3S2/c1-16-8-10-7(11-12-8)13-18(14,15)6-3-2-5(4-9)17-6/h2-3H,1H3,(H2,10,11,12,13). The van der Waals surface area contributed by atoms with Crippen LogP contribution in [0.3, 0.4) is 0 Å². The fourth-order valence-corrected chi connectivity index (χ4v) is 3.15. The summed E-state index contributed by atoms with van der Waals surface area (Å²) in [6.07, 6.45) is 0. The van der Waals surface area contributed by atoms with Gasteiger partial charge in [0.1, 0.15) is 15.2 Å². The predicted octanol–water partition coefficient (Wildman–Crippen LogP) is 0.547. The maximum Gasteiger partial charge on any atom is 0.336 e. The fourth-order valence-electron chi connectivity index (χ4n) is 1.09. The van der Waals surface area contributed by atoms with Crippen molar-refractivity contribution >= 4 is 27.3 Å². The normalized spacial score (nSPS) is 10.9. The number of aromatic nitrogens is 3. The average Bonchev–Trinajstić information content (AvgIpc) is 2.96. The zero-order valence-electron chi connectivity index (χ0n) is 9.04. The molecule has 10 heteroatoms. The van der Waals surface area contributed by atoms with Crippen LogP contribution in [-0.4, -0.2) is 30.7 Å². The van der Waals surface area contributed by atoms with E-state index in [1.165, 1.54) is 19.2 Å². The Morgan fingerprint density at radius 3 is 2.89 bits per heavy atom. The molecule has 0 bridgehead atoms. The van der Waals surface area contributed by atoms with E-state index in [-0.39, 0.29) is 16.2 Å². The maximum absolute atomic E-state index is 11.9. The topological polar surface area (TPSA) is 121 Å². The first-order valence-electron chi connectivity index (χ1n) is 4.54. The Kier molecular flexibility index (Phi) is 3.17. The number of ether oxygens (including phenoxy) is 1. The van der Waals surface area contributed by atoms with Crippen LogP contribution in [0.5, 0.6) is 6.01 Å². The van der Waals surface area contributed by atoms with Gasteiger partial charge in [0, 0.05) is 0 Å². The van der Waals surface area contributed by atoms with Gasteiger partial charge in [0.2, 0.25) is 5.95 Å². The number of sulfonamides is 1. The van der Waals surface area contributed by atoms with Gasteiger partial charge in [-0.05, 0) is 12.1 Å². The zero-order chi connectivity index (χ0) is 13.2. The van der Waals surface area contributed by atoms with E-state index < -0.39 is 10.0 Å². The van der Waals surface area contributed by atoms with Gasteiger partial charge in [-0.1, -0.05) is 0 Å². The molecule has 0 fully saturated rings. The molecule has 2 N–H and O–H groups in total. The van der Waals surface area contributed by atoms with E-state index in [9.17, 15) is 8.42 Å². The van der Waals surface area contributed by atoms with Crippen molar-refractivity contribution in [1.82, 2.24) is 15.2 Å². The molecule has 18 heavy (non-hydrogen) atoms. The molecule has 2 aromatic heterocycles.